The van der Waals surface area contributed by atoms with E-state index < -0.39 is 0 Å². The van der Waals surface area contributed by atoms with Crippen LogP contribution in [-0.4, -0.2) is 47.6 Å². The fraction of sp³-hybridized carbons (Fsp3) is 0.211. The Morgan fingerprint density at radius 3 is 2.63 bits per heavy atom. The minimum atomic E-state index is -0.104. The van der Waals surface area contributed by atoms with Crippen molar-refractivity contribution in [1.29, 1.82) is 0 Å². The monoisotopic (exact) mass is 383 g/mol. The Hall–Kier alpha value is -3.00. The second kappa shape index (κ2) is 8.59. The van der Waals surface area contributed by atoms with Crippen LogP contribution < -0.4 is 15.0 Å². The maximum Gasteiger partial charge on any atom is 0.234 e. The van der Waals surface area contributed by atoms with Gasteiger partial charge in [-0.15, -0.1) is 10.2 Å². The molecule has 0 atom stereocenters. The first kappa shape index (κ1) is 18.8. The molecule has 140 valence electrons. The summed E-state index contributed by atoms with van der Waals surface area (Å²) in [5, 5.41) is 11.6. The summed E-state index contributed by atoms with van der Waals surface area (Å²) in [5.74, 6) is 0.834. The average molecular weight is 383 g/mol. The minimum absolute atomic E-state index is 0.104. The molecule has 7 nitrogen and oxygen atoms in total. The molecule has 1 heterocycles. The molecule has 0 unspecified atom stereocenters. The molecular weight excluding hydrogens is 362 g/mol. The lowest BCUT2D eigenvalue weighted by atomic mass is 10.2. The molecule has 27 heavy (non-hydrogen) atoms. The molecule has 0 saturated carbocycles. The van der Waals surface area contributed by atoms with Gasteiger partial charge < -0.3 is 15.0 Å². The van der Waals surface area contributed by atoms with Crippen LogP contribution in [0, 0.1) is 0 Å². The van der Waals surface area contributed by atoms with Crippen molar-refractivity contribution in [2.75, 3.05) is 37.2 Å². The number of ether oxygens (including phenoxy) is 1. The van der Waals surface area contributed by atoms with E-state index in [1.165, 1.54) is 11.8 Å². The highest BCUT2D eigenvalue weighted by Gasteiger charge is 2.13. The zero-order valence-corrected chi connectivity index (χ0v) is 16.2. The molecule has 3 aromatic rings. The van der Waals surface area contributed by atoms with Gasteiger partial charge >= 0.3 is 0 Å². The van der Waals surface area contributed by atoms with E-state index in [1.807, 2.05) is 72.1 Å². The summed E-state index contributed by atoms with van der Waals surface area (Å²) in [4.78, 5) is 14.3. The van der Waals surface area contributed by atoms with Gasteiger partial charge in [-0.25, -0.2) is 0 Å². The topological polar surface area (TPSA) is 72.3 Å². The van der Waals surface area contributed by atoms with E-state index in [4.69, 9.17) is 4.74 Å². The van der Waals surface area contributed by atoms with Crippen LogP contribution in [0.15, 0.2) is 60.0 Å². The van der Waals surface area contributed by atoms with E-state index in [-0.39, 0.29) is 11.7 Å². The van der Waals surface area contributed by atoms with Crippen LogP contribution in [0.25, 0.3) is 5.69 Å². The molecule has 0 aliphatic carbocycles. The quantitative estimate of drug-likeness (QED) is 0.632. The Kier molecular flexibility index (Phi) is 5.97. The molecule has 0 aliphatic heterocycles. The van der Waals surface area contributed by atoms with Gasteiger partial charge in [-0.3, -0.25) is 9.36 Å². The van der Waals surface area contributed by atoms with E-state index in [9.17, 15) is 4.79 Å². The number of rotatable bonds is 7. The van der Waals surface area contributed by atoms with E-state index >= 15 is 0 Å². The normalized spacial score (nSPS) is 10.5. The van der Waals surface area contributed by atoms with Gasteiger partial charge in [-0.05, 0) is 36.4 Å². The maximum atomic E-state index is 12.3. The second-order valence-corrected chi connectivity index (χ2v) is 6.88. The number of para-hydroxylation sites is 2. The van der Waals surface area contributed by atoms with E-state index in [0.29, 0.717) is 10.9 Å². The molecule has 0 bridgehead atoms. The number of benzene rings is 2. The summed E-state index contributed by atoms with van der Waals surface area (Å²) in [6.07, 6.45) is 1.61. The highest BCUT2D eigenvalue weighted by molar-refractivity contribution is 7.99. The smallest absolute Gasteiger partial charge is 0.234 e. The summed E-state index contributed by atoms with van der Waals surface area (Å²) in [6.45, 7) is 0. The number of aromatic nitrogens is 3. The number of amides is 1. The van der Waals surface area contributed by atoms with Crippen molar-refractivity contribution in [2.45, 2.75) is 5.16 Å². The van der Waals surface area contributed by atoms with Crippen LogP contribution in [0.2, 0.25) is 0 Å². The first-order chi connectivity index (χ1) is 13.1. The van der Waals surface area contributed by atoms with Crippen LogP contribution in [-0.2, 0) is 4.79 Å². The van der Waals surface area contributed by atoms with Crippen molar-refractivity contribution < 1.29 is 9.53 Å². The van der Waals surface area contributed by atoms with Gasteiger partial charge in [0.15, 0.2) is 5.16 Å². The lowest BCUT2D eigenvalue weighted by Crippen LogP contribution is -2.15. The highest BCUT2D eigenvalue weighted by Crippen LogP contribution is 2.26. The molecule has 3 rings (SSSR count). The van der Waals surface area contributed by atoms with E-state index in [1.54, 1.807) is 13.4 Å². The SMILES string of the molecule is COc1ccccc1-n1cnnc1SCC(=O)Nc1ccc(N(C)C)cc1. The summed E-state index contributed by atoms with van der Waals surface area (Å²) < 4.78 is 7.19. The highest BCUT2D eigenvalue weighted by atomic mass is 32.2. The Bertz CT molecular complexity index is 908. The lowest BCUT2D eigenvalue weighted by molar-refractivity contribution is -0.113. The maximum absolute atomic E-state index is 12.3. The standard InChI is InChI=1S/C19H21N5O2S/c1-23(2)15-10-8-14(9-11-15)21-18(25)12-27-19-22-20-13-24(19)16-6-4-5-7-17(16)26-3/h4-11,13H,12H2,1-3H3,(H,21,25). The number of hydrogen-bond donors (Lipinski definition) is 1. The van der Waals surface area contributed by atoms with Crippen molar-refractivity contribution >= 4 is 29.0 Å². The number of nitrogens with one attached hydrogen (secondary N) is 1. The van der Waals surface area contributed by atoms with Crippen molar-refractivity contribution in [1.82, 2.24) is 14.8 Å². The fourth-order valence-corrected chi connectivity index (χ4v) is 3.21. The van der Waals surface area contributed by atoms with Gasteiger partial charge in [0.1, 0.15) is 12.1 Å². The average Bonchev–Trinajstić information content (AvgIpc) is 3.15. The molecule has 0 spiro atoms. The minimum Gasteiger partial charge on any atom is -0.495 e. The Morgan fingerprint density at radius 1 is 1.19 bits per heavy atom. The molecular formula is C19H21N5O2S. The number of carbonyl (C=O) groups excluding carboxylic acids is 1. The molecule has 1 aromatic heterocycles. The number of nitrogens with zero attached hydrogens (tertiary/aromatic N) is 4. The number of hydrogen-bond acceptors (Lipinski definition) is 6. The summed E-state index contributed by atoms with van der Waals surface area (Å²) in [7, 11) is 5.56. The Balaban J connectivity index is 1.64. The second-order valence-electron chi connectivity index (χ2n) is 5.93. The van der Waals surface area contributed by atoms with Gasteiger partial charge in [0, 0.05) is 25.5 Å². The van der Waals surface area contributed by atoms with Crippen LogP contribution in [0.4, 0.5) is 11.4 Å². The zero-order chi connectivity index (χ0) is 19.2. The third kappa shape index (κ3) is 4.59. The first-order valence-corrected chi connectivity index (χ1v) is 9.30. The molecule has 0 fully saturated rings. The third-order valence-corrected chi connectivity index (χ3v) is 4.80. The van der Waals surface area contributed by atoms with Crippen molar-refractivity contribution in [3.63, 3.8) is 0 Å². The zero-order valence-electron chi connectivity index (χ0n) is 15.4. The Labute approximate surface area is 162 Å². The van der Waals surface area contributed by atoms with E-state index in [0.717, 1.165) is 17.1 Å². The fourth-order valence-electron chi connectivity index (χ4n) is 2.49. The summed E-state index contributed by atoms with van der Waals surface area (Å²) in [5.41, 5.74) is 2.66. The predicted molar refractivity (Wildman–Crippen MR) is 108 cm³/mol. The van der Waals surface area contributed by atoms with Gasteiger partial charge in [-0.1, -0.05) is 23.9 Å². The largest absolute Gasteiger partial charge is 0.495 e. The van der Waals surface area contributed by atoms with Gasteiger partial charge in [0.2, 0.25) is 5.91 Å². The van der Waals surface area contributed by atoms with Crippen molar-refractivity contribution in [3.8, 4) is 11.4 Å². The molecule has 0 aliphatic rings. The number of carbonyl (C=O) groups is 1. The molecule has 1 N–H and O–H groups in total. The summed E-state index contributed by atoms with van der Waals surface area (Å²) >= 11 is 1.32. The van der Waals surface area contributed by atoms with Crippen LogP contribution in [0.3, 0.4) is 0 Å². The van der Waals surface area contributed by atoms with Gasteiger partial charge in [0.25, 0.3) is 0 Å². The molecule has 0 saturated heterocycles. The van der Waals surface area contributed by atoms with Gasteiger partial charge in [0.05, 0.1) is 18.6 Å². The van der Waals surface area contributed by atoms with Crippen molar-refractivity contribution in [2.24, 2.45) is 0 Å². The van der Waals surface area contributed by atoms with Gasteiger partial charge in [-0.2, -0.15) is 0 Å². The van der Waals surface area contributed by atoms with Crippen LogP contribution in [0.5, 0.6) is 5.75 Å². The third-order valence-electron chi connectivity index (χ3n) is 3.86. The number of thioether (sulfide) groups is 1. The first-order valence-electron chi connectivity index (χ1n) is 8.32. The van der Waals surface area contributed by atoms with Crippen molar-refractivity contribution in [3.05, 3.63) is 54.9 Å². The van der Waals surface area contributed by atoms with Crippen LogP contribution >= 0.6 is 11.8 Å². The van der Waals surface area contributed by atoms with Crippen LogP contribution in [0.1, 0.15) is 0 Å². The lowest BCUT2D eigenvalue weighted by Gasteiger charge is -2.13. The number of methoxy groups -OCH3 is 1. The number of anilines is 2. The van der Waals surface area contributed by atoms with E-state index in [2.05, 4.69) is 15.5 Å². The Morgan fingerprint density at radius 2 is 1.93 bits per heavy atom. The molecule has 8 heteroatoms. The summed E-state index contributed by atoms with van der Waals surface area (Å²) in [6, 6.07) is 15.3. The molecule has 0 radical (unpaired) electrons. The molecule has 2 aromatic carbocycles. The molecule has 1 amide bonds. The predicted octanol–water partition coefficient (Wildman–Crippen LogP) is 3.07.